The molecule has 0 radical (unpaired) electrons. The van der Waals surface area contributed by atoms with Crippen LogP contribution in [-0.2, 0) is 0 Å². The predicted molar refractivity (Wildman–Crippen MR) is 106 cm³/mol. The van der Waals surface area contributed by atoms with Crippen LogP contribution in [0.1, 0.15) is 5.56 Å². The first-order chi connectivity index (χ1) is 13.4. The van der Waals surface area contributed by atoms with Crippen LogP contribution in [0.3, 0.4) is 0 Å². The number of rotatable bonds is 5. The molecule has 28 heavy (non-hydrogen) atoms. The largest absolute Gasteiger partial charge is 0.507 e. The van der Waals surface area contributed by atoms with E-state index in [1.54, 1.807) is 18.2 Å². The quantitative estimate of drug-likeness (QED) is 0.244. The van der Waals surface area contributed by atoms with E-state index in [2.05, 4.69) is 15.2 Å². The lowest BCUT2D eigenvalue weighted by molar-refractivity contribution is -0.384. The molecule has 0 unspecified atom stereocenters. The van der Waals surface area contributed by atoms with Crippen LogP contribution in [-0.4, -0.2) is 21.4 Å². The molecule has 0 fully saturated rings. The zero-order chi connectivity index (χ0) is 20.1. The fourth-order valence-electron chi connectivity index (χ4n) is 2.24. The Morgan fingerprint density at radius 3 is 2.32 bits per heavy atom. The van der Waals surface area contributed by atoms with Crippen molar-refractivity contribution < 1.29 is 15.1 Å². The molecule has 2 N–H and O–H groups in total. The molecule has 3 rings (SSSR count). The van der Waals surface area contributed by atoms with Gasteiger partial charge in [-0.1, -0.05) is 23.7 Å². The highest BCUT2D eigenvalue weighted by molar-refractivity contribution is 6.32. The normalized spacial score (nSPS) is 11.3. The second-order valence-electron chi connectivity index (χ2n) is 5.58. The van der Waals surface area contributed by atoms with Crippen LogP contribution in [0.25, 0.3) is 0 Å². The molecule has 0 spiro atoms. The summed E-state index contributed by atoms with van der Waals surface area (Å²) in [5, 5.41) is 38.6. The molecule has 0 aromatic heterocycles. The number of nitrogens with zero attached hydrogens (tertiary/aromatic N) is 4. The van der Waals surface area contributed by atoms with Crippen LogP contribution in [0.15, 0.2) is 75.9 Å². The van der Waals surface area contributed by atoms with Gasteiger partial charge in [0.15, 0.2) is 0 Å². The van der Waals surface area contributed by atoms with Crippen LogP contribution >= 0.6 is 11.6 Å². The van der Waals surface area contributed by atoms with Crippen molar-refractivity contribution in [2.45, 2.75) is 0 Å². The molecule has 0 saturated carbocycles. The van der Waals surface area contributed by atoms with Gasteiger partial charge in [-0.15, -0.1) is 0 Å². The number of phenols is 2. The van der Waals surface area contributed by atoms with Crippen molar-refractivity contribution in [3.63, 3.8) is 0 Å². The van der Waals surface area contributed by atoms with Crippen molar-refractivity contribution in [2.24, 2.45) is 15.2 Å². The molecule has 0 aliphatic rings. The van der Waals surface area contributed by atoms with Gasteiger partial charge in [-0.25, -0.2) is 0 Å². The Kier molecular flexibility index (Phi) is 5.61. The second kappa shape index (κ2) is 8.28. The number of aromatic hydroxyl groups is 2. The molecule has 3 aromatic carbocycles. The average Bonchev–Trinajstić information content (AvgIpc) is 2.68. The van der Waals surface area contributed by atoms with Crippen LogP contribution in [0.2, 0.25) is 5.02 Å². The molecule has 3 aromatic rings. The number of para-hydroxylation sites is 2. The van der Waals surface area contributed by atoms with Crippen molar-refractivity contribution in [3.05, 3.63) is 81.4 Å². The summed E-state index contributed by atoms with van der Waals surface area (Å²) in [7, 11) is 0. The minimum atomic E-state index is -0.602. The zero-order valence-corrected chi connectivity index (χ0v) is 15.0. The number of aliphatic imine (C=N–C) groups is 1. The van der Waals surface area contributed by atoms with Crippen molar-refractivity contribution >= 4 is 40.6 Å². The van der Waals surface area contributed by atoms with Gasteiger partial charge in [-0.3, -0.25) is 15.1 Å². The summed E-state index contributed by atoms with van der Waals surface area (Å²) in [5.41, 5.74) is 1.10. The number of nitro benzene ring substituents is 1. The fraction of sp³-hybridized carbons (Fsp3) is 0. The predicted octanol–water partition coefficient (Wildman–Crippen LogP) is 5.83. The summed E-state index contributed by atoms with van der Waals surface area (Å²) in [6, 6.07) is 15.1. The first-order valence-corrected chi connectivity index (χ1v) is 8.32. The molecular formula is C19H13ClN4O4. The maximum absolute atomic E-state index is 10.9. The molecule has 9 heteroatoms. The van der Waals surface area contributed by atoms with E-state index in [9.17, 15) is 20.3 Å². The Bertz CT molecular complexity index is 1100. The maximum Gasteiger partial charge on any atom is 0.290 e. The molecule has 0 atom stereocenters. The summed E-state index contributed by atoms with van der Waals surface area (Å²) < 4.78 is 0. The van der Waals surface area contributed by atoms with Gasteiger partial charge in [0, 0.05) is 17.8 Å². The maximum atomic E-state index is 10.9. The molecule has 0 saturated heterocycles. The van der Waals surface area contributed by atoms with Gasteiger partial charge in [0.2, 0.25) is 0 Å². The minimum Gasteiger partial charge on any atom is -0.507 e. The lowest BCUT2D eigenvalue weighted by atomic mass is 10.2. The molecule has 0 bridgehead atoms. The lowest BCUT2D eigenvalue weighted by Crippen LogP contribution is -1.87. The highest BCUT2D eigenvalue weighted by Gasteiger charge is 2.12. The van der Waals surface area contributed by atoms with Crippen molar-refractivity contribution in [1.29, 1.82) is 0 Å². The number of hydrogen-bond donors (Lipinski definition) is 2. The molecule has 0 heterocycles. The highest BCUT2D eigenvalue weighted by Crippen LogP contribution is 2.31. The minimum absolute atomic E-state index is 0.0104. The Balaban J connectivity index is 1.85. The second-order valence-corrected chi connectivity index (χ2v) is 5.99. The van der Waals surface area contributed by atoms with Crippen LogP contribution in [0.4, 0.5) is 22.7 Å². The smallest absolute Gasteiger partial charge is 0.290 e. The van der Waals surface area contributed by atoms with E-state index < -0.39 is 4.92 Å². The lowest BCUT2D eigenvalue weighted by Gasteiger charge is -2.01. The van der Waals surface area contributed by atoms with Gasteiger partial charge in [0.05, 0.1) is 16.3 Å². The number of nitro groups is 1. The van der Waals surface area contributed by atoms with Crippen molar-refractivity contribution in [3.8, 4) is 11.5 Å². The highest BCUT2D eigenvalue weighted by atomic mass is 35.5. The van der Waals surface area contributed by atoms with Crippen molar-refractivity contribution in [1.82, 2.24) is 0 Å². The van der Waals surface area contributed by atoms with E-state index in [0.29, 0.717) is 16.9 Å². The average molecular weight is 397 g/mol. The third-order valence-electron chi connectivity index (χ3n) is 3.64. The summed E-state index contributed by atoms with van der Waals surface area (Å²) in [6.45, 7) is 0. The van der Waals surface area contributed by atoms with E-state index in [4.69, 9.17) is 11.6 Å². The Morgan fingerprint density at radius 1 is 0.929 bits per heavy atom. The summed E-state index contributed by atoms with van der Waals surface area (Å²) >= 11 is 5.77. The number of benzene rings is 3. The summed E-state index contributed by atoms with van der Waals surface area (Å²) in [4.78, 5) is 14.5. The fourth-order valence-corrected chi connectivity index (χ4v) is 2.43. The molecule has 8 nitrogen and oxygen atoms in total. The van der Waals surface area contributed by atoms with Gasteiger partial charge >= 0.3 is 0 Å². The number of hydrogen-bond acceptors (Lipinski definition) is 7. The number of azo groups is 1. The van der Waals surface area contributed by atoms with E-state index in [0.717, 1.165) is 0 Å². The SMILES string of the molecule is O=[N+]([O-])c1cc(N=Nc2ccc(O)c(C=Nc3ccccc3O)c2)ccc1Cl. The first kappa shape index (κ1) is 19.0. The van der Waals surface area contributed by atoms with E-state index in [1.165, 1.54) is 48.7 Å². The van der Waals surface area contributed by atoms with Crippen molar-refractivity contribution in [2.75, 3.05) is 0 Å². The third-order valence-corrected chi connectivity index (χ3v) is 3.96. The molecule has 0 aliphatic carbocycles. The number of halogens is 1. The monoisotopic (exact) mass is 396 g/mol. The van der Waals surface area contributed by atoms with Gasteiger partial charge in [-0.2, -0.15) is 10.2 Å². The zero-order valence-electron chi connectivity index (χ0n) is 14.2. The van der Waals surface area contributed by atoms with E-state index >= 15 is 0 Å². The molecule has 0 amide bonds. The summed E-state index contributed by atoms with van der Waals surface area (Å²) in [6.07, 6.45) is 1.39. The van der Waals surface area contributed by atoms with Crippen LogP contribution < -0.4 is 0 Å². The Labute approximate surface area is 164 Å². The standard InChI is InChI=1S/C19H13ClN4O4/c20-15-7-5-14(10-17(15)24(27)28)23-22-13-6-8-18(25)12(9-13)11-21-16-3-1-2-4-19(16)26/h1-11,25-26H. The van der Waals surface area contributed by atoms with Gasteiger partial charge in [-0.05, 0) is 42.5 Å². The van der Waals surface area contributed by atoms with Crippen LogP contribution in [0, 0.1) is 10.1 Å². The van der Waals surface area contributed by atoms with E-state index in [1.807, 2.05) is 0 Å². The molecule has 140 valence electrons. The number of phenolic OH excluding ortho intramolecular Hbond substituents is 2. The molecular weight excluding hydrogens is 384 g/mol. The Morgan fingerprint density at radius 2 is 1.61 bits per heavy atom. The Hall–Kier alpha value is -3.78. The first-order valence-electron chi connectivity index (χ1n) is 7.95. The van der Waals surface area contributed by atoms with Crippen LogP contribution in [0.5, 0.6) is 11.5 Å². The van der Waals surface area contributed by atoms with Gasteiger partial charge in [0.25, 0.3) is 5.69 Å². The van der Waals surface area contributed by atoms with E-state index in [-0.39, 0.29) is 27.9 Å². The van der Waals surface area contributed by atoms with Gasteiger partial charge in [0.1, 0.15) is 22.2 Å². The molecule has 0 aliphatic heterocycles. The van der Waals surface area contributed by atoms with Gasteiger partial charge < -0.3 is 10.2 Å². The summed E-state index contributed by atoms with van der Waals surface area (Å²) in [5.74, 6) is -0.0151. The topological polar surface area (TPSA) is 121 Å². The third kappa shape index (κ3) is 4.49.